The summed E-state index contributed by atoms with van der Waals surface area (Å²) in [4.78, 5) is 11.3. The minimum Gasteiger partial charge on any atom is -0.411 e. The molecular weight excluding hydrogens is 194 g/mol. The van der Waals surface area contributed by atoms with Crippen molar-refractivity contribution in [3.63, 3.8) is 0 Å². The summed E-state index contributed by atoms with van der Waals surface area (Å²) < 4.78 is 4.25. The molecule has 1 aromatic carbocycles. The molecule has 0 bridgehead atoms. The van der Waals surface area contributed by atoms with Crippen molar-refractivity contribution in [3.8, 4) is 0 Å². The second-order valence-electron chi connectivity index (χ2n) is 3.12. The van der Waals surface area contributed by atoms with Crippen LogP contribution in [-0.4, -0.2) is 30.9 Å². The number of hydrogen-bond donors (Lipinski definition) is 1. The molecule has 0 saturated heterocycles. The van der Waals surface area contributed by atoms with E-state index in [1.807, 2.05) is 12.1 Å². The normalized spacial score (nSPS) is 15.9. The van der Waals surface area contributed by atoms with Crippen molar-refractivity contribution < 1.29 is 14.7 Å². The van der Waals surface area contributed by atoms with Crippen LogP contribution < -0.4 is 0 Å². The van der Waals surface area contributed by atoms with Gasteiger partial charge in [-0.2, -0.15) is 0 Å². The quantitative estimate of drug-likeness (QED) is 0.518. The summed E-state index contributed by atoms with van der Waals surface area (Å²) in [6.07, 6.45) is 0.450. The van der Waals surface area contributed by atoms with Crippen molar-refractivity contribution in [2.75, 3.05) is 14.2 Å². The van der Waals surface area contributed by atoms with Gasteiger partial charge in [-0.05, 0) is 5.56 Å². The number of Topliss-reactive ketones (excluding diaryl/α,β-unsaturated/α-hetero) is 1. The lowest BCUT2D eigenvalue weighted by Crippen LogP contribution is -2.06. The van der Waals surface area contributed by atoms with Gasteiger partial charge >= 0.3 is 0 Å². The Morgan fingerprint density at radius 1 is 1.33 bits per heavy atom. The number of carbonyl (C=O) groups excluding carboxylic acids is 1. The van der Waals surface area contributed by atoms with Gasteiger partial charge < -0.3 is 9.94 Å². The second kappa shape index (κ2) is 5.26. The molecule has 0 spiro atoms. The van der Waals surface area contributed by atoms with Crippen LogP contribution in [0.15, 0.2) is 29.4 Å². The minimum atomic E-state index is -0.159. The molecule has 0 saturated carbocycles. The van der Waals surface area contributed by atoms with Crippen LogP contribution in [0.5, 0.6) is 0 Å². The Kier molecular flexibility index (Phi) is 4.00. The summed E-state index contributed by atoms with van der Waals surface area (Å²) in [5, 5.41) is 11.4. The van der Waals surface area contributed by atoms with Gasteiger partial charge in [-0.25, -0.2) is 0 Å². The lowest BCUT2D eigenvalue weighted by molar-refractivity contribution is 0.106. The Hall–Kier alpha value is -1.68. The van der Waals surface area contributed by atoms with E-state index in [1.165, 1.54) is 0 Å². The number of carbonyl (C=O) groups is 1. The number of ketones is 1. The second-order valence-corrected chi connectivity index (χ2v) is 3.12. The van der Waals surface area contributed by atoms with E-state index in [0.717, 1.165) is 5.56 Å². The Labute approximate surface area is 88.2 Å². The molecule has 0 radical (unpaired) electrons. The van der Waals surface area contributed by atoms with Gasteiger partial charge in [0.05, 0.1) is 0 Å². The number of fused-ring (bicyclic) bond motifs is 1. The third-order valence-corrected chi connectivity index (χ3v) is 2.00. The van der Waals surface area contributed by atoms with Crippen LogP contribution in [0, 0.1) is 0 Å². The number of hydrogen-bond acceptors (Lipinski definition) is 4. The summed E-state index contributed by atoms with van der Waals surface area (Å²) in [6.45, 7) is 0. The largest absolute Gasteiger partial charge is 0.411 e. The number of nitrogens with zero attached hydrogens (tertiary/aromatic N) is 1. The fraction of sp³-hybridized carbons (Fsp3) is 0.273. The van der Waals surface area contributed by atoms with E-state index in [-0.39, 0.29) is 11.5 Å². The number of oxime groups is 1. The average Bonchev–Trinajstić information content (AvgIpc) is 2.57. The van der Waals surface area contributed by atoms with Crippen molar-refractivity contribution in [3.05, 3.63) is 35.4 Å². The Morgan fingerprint density at radius 3 is 2.47 bits per heavy atom. The molecular formula is C11H13NO3. The molecule has 0 heterocycles. The Bertz CT molecular complexity index is 385. The standard InChI is InChI=1S/C9H7NO2.C2H6O/c11-9-7-4-2-1-3-6(7)5-8(9)10-12;1-3-2/h1-4,12H,5H2;1-2H3/b10-8-;. The number of rotatable bonds is 0. The molecule has 4 heteroatoms. The van der Waals surface area contributed by atoms with Gasteiger partial charge in [0.15, 0.2) is 0 Å². The maximum Gasteiger partial charge on any atom is 0.211 e. The molecule has 0 unspecified atom stereocenters. The van der Waals surface area contributed by atoms with E-state index < -0.39 is 0 Å². The van der Waals surface area contributed by atoms with Crippen LogP contribution in [0.2, 0.25) is 0 Å². The van der Waals surface area contributed by atoms with Crippen LogP contribution in [0.3, 0.4) is 0 Å². The molecule has 1 aromatic rings. The molecule has 4 nitrogen and oxygen atoms in total. The molecule has 1 aliphatic carbocycles. The smallest absolute Gasteiger partial charge is 0.211 e. The van der Waals surface area contributed by atoms with Crippen LogP contribution in [0.4, 0.5) is 0 Å². The summed E-state index contributed by atoms with van der Waals surface area (Å²) in [6, 6.07) is 7.28. The van der Waals surface area contributed by atoms with E-state index in [2.05, 4.69) is 9.89 Å². The highest BCUT2D eigenvalue weighted by Gasteiger charge is 2.25. The average molecular weight is 207 g/mol. The highest BCUT2D eigenvalue weighted by Crippen LogP contribution is 2.19. The zero-order valence-electron chi connectivity index (χ0n) is 8.73. The van der Waals surface area contributed by atoms with Gasteiger partial charge in [-0.3, -0.25) is 4.79 Å². The van der Waals surface area contributed by atoms with Crippen LogP contribution >= 0.6 is 0 Å². The van der Waals surface area contributed by atoms with Gasteiger partial charge in [0.2, 0.25) is 5.78 Å². The van der Waals surface area contributed by atoms with Crippen molar-refractivity contribution in [2.24, 2.45) is 5.16 Å². The highest BCUT2D eigenvalue weighted by molar-refractivity contribution is 6.49. The maximum absolute atomic E-state index is 11.3. The first-order valence-electron chi connectivity index (χ1n) is 4.48. The van der Waals surface area contributed by atoms with E-state index in [4.69, 9.17) is 5.21 Å². The molecule has 0 aromatic heterocycles. The Morgan fingerprint density at radius 2 is 1.93 bits per heavy atom. The molecule has 1 N–H and O–H groups in total. The number of methoxy groups -OCH3 is 1. The SMILES string of the molecule is COC.O=C1/C(=N\O)Cc2ccccc21. The first kappa shape index (κ1) is 11.4. The van der Waals surface area contributed by atoms with Gasteiger partial charge in [0, 0.05) is 26.2 Å². The van der Waals surface area contributed by atoms with Crippen molar-refractivity contribution in [2.45, 2.75) is 6.42 Å². The third kappa shape index (κ3) is 2.41. The van der Waals surface area contributed by atoms with Crippen molar-refractivity contribution in [1.82, 2.24) is 0 Å². The summed E-state index contributed by atoms with van der Waals surface area (Å²) in [5.74, 6) is -0.159. The van der Waals surface area contributed by atoms with Crippen LogP contribution in [-0.2, 0) is 11.2 Å². The minimum absolute atomic E-state index is 0.159. The molecule has 80 valence electrons. The molecule has 1 aliphatic rings. The van der Waals surface area contributed by atoms with Crippen LogP contribution in [0.25, 0.3) is 0 Å². The number of ether oxygens (including phenoxy) is 1. The van der Waals surface area contributed by atoms with Gasteiger partial charge in [0.1, 0.15) is 5.71 Å². The summed E-state index contributed by atoms with van der Waals surface area (Å²) >= 11 is 0. The molecule has 0 amide bonds. The molecule has 2 rings (SSSR count). The first-order chi connectivity index (χ1) is 7.24. The fourth-order valence-electron chi connectivity index (χ4n) is 1.39. The predicted octanol–water partition coefficient (Wildman–Crippen LogP) is 1.52. The Balaban J connectivity index is 0.000000337. The topological polar surface area (TPSA) is 58.9 Å². The van der Waals surface area contributed by atoms with Gasteiger partial charge in [0.25, 0.3) is 0 Å². The molecule has 0 atom stereocenters. The predicted molar refractivity (Wildman–Crippen MR) is 56.6 cm³/mol. The monoisotopic (exact) mass is 207 g/mol. The van der Waals surface area contributed by atoms with Crippen molar-refractivity contribution in [1.29, 1.82) is 0 Å². The first-order valence-corrected chi connectivity index (χ1v) is 4.48. The lowest BCUT2D eigenvalue weighted by atomic mass is 10.1. The van der Waals surface area contributed by atoms with E-state index >= 15 is 0 Å². The van der Waals surface area contributed by atoms with E-state index in [9.17, 15) is 4.79 Å². The highest BCUT2D eigenvalue weighted by atomic mass is 16.4. The van der Waals surface area contributed by atoms with E-state index in [1.54, 1.807) is 26.4 Å². The van der Waals surface area contributed by atoms with Gasteiger partial charge in [-0.1, -0.05) is 29.4 Å². The van der Waals surface area contributed by atoms with Crippen molar-refractivity contribution >= 4 is 11.5 Å². The molecule has 0 aliphatic heterocycles. The fourth-order valence-corrected chi connectivity index (χ4v) is 1.39. The summed E-state index contributed by atoms with van der Waals surface area (Å²) in [5.41, 5.74) is 1.83. The zero-order valence-corrected chi connectivity index (χ0v) is 8.73. The summed E-state index contributed by atoms with van der Waals surface area (Å²) in [7, 11) is 3.25. The third-order valence-electron chi connectivity index (χ3n) is 2.00. The van der Waals surface area contributed by atoms with Gasteiger partial charge in [-0.15, -0.1) is 0 Å². The maximum atomic E-state index is 11.3. The van der Waals surface area contributed by atoms with Crippen LogP contribution in [0.1, 0.15) is 15.9 Å². The number of benzene rings is 1. The molecule has 0 fully saturated rings. The lowest BCUT2D eigenvalue weighted by Gasteiger charge is -1.91. The molecule has 15 heavy (non-hydrogen) atoms. The van der Waals surface area contributed by atoms with E-state index in [0.29, 0.717) is 12.0 Å². The zero-order chi connectivity index (χ0) is 11.3.